The molecule has 1 amide bonds. The predicted octanol–water partition coefficient (Wildman–Crippen LogP) is 15.5. The Hall–Kier alpha value is -1.66. The van der Waals surface area contributed by atoms with E-state index in [-0.39, 0.29) is 18.5 Å². The minimum absolute atomic E-state index is 0.0130. The second kappa shape index (κ2) is 49.0. The van der Waals surface area contributed by atoms with Crippen molar-refractivity contribution >= 4 is 11.9 Å². The summed E-state index contributed by atoms with van der Waals surface area (Å²) in [6, 6.07) is -0.547. The van der Waals surface area contributed by atoms with Crippen LogP contribution < -0.4 is 5.32 Å². The molecule has 59 heavy (non-hydrogen) atoms. The van der Waals surface area contributed by atoms with Crippen LogP contribution in [0.15, 0.2) is 24.3 Å². The molecule has 3 N–H and O–H groups in total. The summed E-state index contributed by atoms with van der Waals surface area (Å²) in [5, 5.41) is 23.1. The summed E-state index contributed by atoms with van der Waals surface area (Å²) in [5.74, 6) is -0.0590. The molecule has 0 saturated carbocycles. The van der Waals surface area contributed by atoms with Crippen molar-refractivity contribution in [1.82, 2.24) is 5.32 Å². The summed E-state index contributed by atoms with van der Waals surface area (Å²) >= 11 is 0. The highest BCUT2D eigenvalue weighted by Crippen LogP contribution is 2.16. The Morgan fingerprint density at radius 3 is 1.25 bits per heavy atom. The number of carbonyl (C=O) groups is 2. The lowest BCUT2D eigenvalue weighted by atomic mass is 10.0. The number of aliphatic hydroxyl groups excluding tert-OH is 2. The predicted molar refractivity (Wildman–Crippen MR) is 255 cm³/mol. The van der Waals surface area contributed by atoms with E-state index in [0.717, 1.165) is 70.6 Å². The van der Waals surface area contributed by atoms with Crippen LogP contribution in [-0.4, -0.2) is 47.4 Å². The van der Waals surface area contributed by atoms with Crippen LogP contribution in [0.2, 0.25) is 0 Å². The first-order valence-electron chi connectivity index (χ1n) is 26.1. The molecule has 2 unspecified atom stereocenters. The van der Waals surface area contributed by atoms with Crippen molar-refractivity contribution in [2.75, 3.05) is 13.2 Å². The first kappa shape index (κ1) is 57.3. The fraction of sp³-hybridized carbons (Fsp3) is 0.887. The SMILES string of the molecule is CCCCCCCCCCCCCCC(=O)OCCCCC/C=C\C=C/CCCCCCCCCCCCC(=O)NC(CO)C(O)CCCCCCCCCCCCC. The van der Waals surface area contributed by atoms with Gasteiger partial charge in [-0.3, -0.25) is 9.59 Å². The second-order valence-electron chi connectivity index (χ2n) is 17.9. The third-order valence-electron chi connectivity index (χ3n) is 12.0. The average molecular weight is 832 g/mol. The number of hydrogen-bond acceptors (Lipinski definition) is 5. The van der Waals surface area contributed by atoms with E-state index in [1.54, 1.807) is 0 Å². The molecule has 0 aliphatic rings. The van der Waals surface area contributed by atoms with Crippen LogP contribution in [0.3, 0.4) is 0 Å². The lowest BCUT2D eigenvalue weighted by Crippen LogP contribution is -2.45. The van der Waals surface area contributed by atoms with Gasteiger partial charge >= 0.3 is 5.97 Å². The van der Waals surface area contributed by atoms with Crippen LogP contribution in [0.1, 0.15) is 277 Å². The molecule has 0 bridgehead atoms. The molecule has 0 aromatic carbocycles. The van der Waals surface area contributed by atoms with Gasteiger partial charge in [-0.1, -0.05) is 231 Å². The van der Waals surface area contributed by atoms with Gasteiger partial charge < -0.3 is 20.3 Å². The fourth-order valence-corrected chi connectivity index (χ4v) is 7.98. The van der Waals surface area contributed by atoms with E-state index < -0.39 is 12.1 Å². The number of unbranched alkanes of at least 4 members (excludes halogenated alkanes) is 34. The average Bonchev–Trinajstić information content (AvgIpc) is 3.24. The van der Waals surface area contributed by atoms with Gasteiger partial charge in [-0.05, 0) is 57.8 Å². The lowest BCUT2D eigenvalue weighted by Gasteiger charge is -2.22. The molecule has 6 heteroatoms. The summed E-state index contributed by atoms with van der Waals surface area (Å²) in [7, 11) is 0. The molecule has 0 radical (unpaired) electrons. The van der Waals surface area contributed by atoms with Crippen molar-refractivity contribution < 1.29 is 24.5 Å². The molecule has 0 fully saturated rings. The smallest absolute Gasteiger partial charge is 0.305 e. The van der Waals surface area contributed by atoms with E-state index in [1.165, 1.54) is 173 Å². The van der Waals surface area contributed by atoms with E-state index >= 15 is 0 Å². The highest BCUT2D eigenvalue weighted by Gasteiger charge is 2.20. The topological polar surface area (TPSA) is 95.9 Å². The Balaban J connectivity index is 3.47. The molecular weight excluding hydrogens is 731 g/mol. The van der Waals surface area contributed by atoms with Crippen molar-refractivity contribution in [1.29, 1.82) is 0 Å². The molecular formula is C53H101NO5. The van der Waals surface area contributed by atoms with E-state index in [0.29, 0.717) is 25.9 Å². The molecule has 0 spiro atoms. The zero-order chi connectivity index (χ0) is 43.0. The van der Waals surface area contributed by atoms with Gasteiger partial charge in [0.25, 0.3) is 0 Å². The first-order chi connectivity index (χ1) is 29.0. The number of allylic oxidation sites excluding steroid dienone is 4. The number of carbonyl (C=O) groups excluding carboxylic acids is 2. The summed E-state index contributed by atoms with van der Waals surface area (Å²) in [4.78, 5) is 24.4. The van der Waals surface area contributed by atoms with Crippen molar-refractivity contribution in [2.24, 2.45) is 0 Å². The van der Waals surface area contributed by atoms with Gasteiger partial charge in [0.15, 0.2) is 0 Å². The molecule has 348 valence electrons. The Bertz CT molecular complexity index is 920. The number of aliphatic hydroxyl groups is 2. The molecule has 2 atom stereocenters. The number of amides is 1. The molecule has 0 aromatic rings. The van der Waals surface area contributed by atoms with Gasteiger partial charge in [0.2, 0.25) is 5.91 Å². The van der Waals surface area contributed by atoms with Gasteiger partial charge in [0.05, 0.1) is 25.4 Å². The third kappa shape index (κ3) is 45.7. The van der Waals surface area contributed by atoms with Crippen LogP contribution in [0.4, 0.5) is 0 Å². The summed E-state index contributed by atoms with van der Waals surface area (Å²) in [6.07, 6.45) is 57.3. The summed E-state index contributed by atoms with van der Waals surface area (Å²) in [5.41, 5.74) is 0. The zero-order valence-electron chi connectivity index (χ0n) is 39.5. The van der Waals surface area contributed by atoms with Crippen LogP contribution in [0.5, 0.6) is 0 Å². The first-order valence-corrected chi connectivity index (χ1v) is 26.1. The Labute approximate surface area is 367 Å². The maximum atomic E-state index is 12.4. The number of rotatable bonds is 48. The molecule has 0 aliphatic carbocycles. The van der Waals surface area contributed by atoms with Crippen LogP contribution in [0, 0.1) is 0 Å². The third-order valence-corrected chi connectivity index (χ3v) is 12.0. The maximum absolute atomic E-state index is 12.4. The second-order valence-corrected chi connectivity index (χ2v) is 17.9. The number of ether oxygens (including phenoxy) is 1. The van der Waals surface area contributed by atoms with Crippen molar-refractivity contribution in [2.45, 2.75) is 289 Å². The number of esters is 1. The van der Waals surface area contributed by atoms with E-state index in [9.17, 15) is 19.8 Å². The highest BCUT2D eigenvalue weighted by atomic mass is 16.5. The Kier molecular flexibility index (Phi) is 47.6. The van der Waals surface area contributed by atoms with Crippen molar-refractivity contribution in [3.63, 3.8) is 0 Å². The molecule has 0 rings (SSSR count). The molecule has 6 nitrogen and oxygen atoms in total. The minimum Gasteiger partial charge on any atom is -0.466 e. The molecule has 0 saturated heterocycles. The summed E-state index contributed by atoms with van der Waals surface area (Å²) in [6.45, 7) is 4.90. The lowest BCUT2D eigenvalue weighted by molar-refractivity contribution is -0.143. The highest BCUT2D eigenvalue weighted by molar-refractivity contribution is 5.76. The summed E-state index contributed by atoms with van der Waals surface area (Å²) < 4.78 is 5.43. The normalized spacial score (nSPS) is 12.8. The maximum Gasteiger partial charge on any atom is 0.305 e. The van der Waals surface area contributed by atoms with E-state index in [2.05, 4.69) is 43.5 Å². The largest absolute Gasteiger partial charge is 0.466 e. The standard InChI is InChI=1S/C53H101NO5/c1-3-5-7-9-11-13-15-27-31-35-39-43-47-53(58)59-48-44-40-36-32-28-24-22-20-18-16-17-19-21-23-26-30-34-38-42-46-52(57)54-50(49-55)51(56)45-41-37-33-29-25-14-12-10-8-6-4-2/h20,22,24,28,50-51,55-56H,3-19,21,23,25-27,29-49H2,1-2H3,(H,54,57)/b22-20-,28-24-. The van der Waals surface area contributed by atoms with Gasteiger partial charge in [-0.2, -0.15) is 0 Å². The quantitative estimate of drug-likeness (QED) is 0.0322. The number of nitrogens with one attached hydrogen (secondary N) is 1. The van der Waals surface area contributed by atoms with Gasteiger partial charge in [0, 0.05) is 12.8 Å². The number of hydrogen-bond donors (Lipinski definition) is 3. The van der Waals surface area contributed by atoms with Gasteiger partial charge in [-0.25, -0.2) is 0 Å². The van der Waals surface area contributed by atoms with Crippen LogP contribution in [0.25, 0.3) is 0 Å². The molecule has 0 aromatic heterocycles. The van der Waals surface area contributed by atoms with E-state index in [4.69, 9.17) is 4.74 Å². The monoisotopic (exact) mass is 832 g/mol. The van der Waals surface area contributed by atoms with Crippen molar-refractivity contribution in [3.8, 4) is 0 Å². The van der Waals surface area contributed by atoms with Gasteiger partial charge in [-0.15, -0.1) is 0 Å². The van der Waals surface area contributed by atoms with Crippen LogP contribution >= 0.6 is 0 Å². The van der Waals surface area contributed by atoms with Crippen LogP contribution in [-0.2, 0) is 14.3 Å². The van der Waals surface area contributed by atoms with E-state index in [1.807, 2.05) is 0 Å². The van der Waals surface area contributed by atoms with Gasteiger partial charge in [0.1, 0.15) is 0 Å². The van der Waals surface area contributed by atoms with Crippen molar-refractivity contribution in [3.05, 3.63) is 24.3 Å². The Morgan fingerprint density at radius 2 is 0.831 bits per heavy atom. The Morgan fingerprint density at radius 1 is 0.475 bits per heavy atom. The minimum atomic E-state index is -0.669. The molecule has 0 heterocycles. The molecule has 0 aliphatic heterocycles. The zero-order valence-corrected chi connectivity index (χ0v) is 39.5. The fourth-order valence-electron chi connectivity index (χ4n) is 7.98.